The molecule has 0 aliphatic carbocycles. The number of thiazole rings is 1. The molecule has 0 saturated carbocycles. The van der Waals surface area contributed by atoms with E-state index in [0.717, 1.165) is 11.3 Å². The molecule has 2 aromatic carbocycles. The molecule has 31 heavy (non-hydrogen) atoms. The van der Waals surface area contributed by atoms with Crippen molar-refractivity contribution in [3.05, 3.63) is 83.6 Å². The predicted molar refractivity (Wildman–Crippen MR) is 119 cm³/mol. The van der Waals surface area contributed by atoms with E-state index in [1.54, 1.807) is 18.2 Å². The lowest BCUT2D eigenvalue weighted by Gasteiger charge is -2.06. The molecule has 0 spiro atoms. The molecule has 156 valence electrons. The van der Waals surface area contributed by atoms with Crippen LogP contribution in [-0.2, 0) is 11.4 Å². The summed E-state index contributed by atoms with van der Waals surface area (Å²) in [6.45, 7) is 1.68. The van der Waals surface area contributed by atoms with E-state index in [1.165, 1.54) is 24.5 Å². The molecule has 0 radical (unpaired) electrons. The molecular weight excluding hydrogens is 414 g/mol. The van der Waals surface area contributed by atoms with Gasteiger partial charge in [0.25, 0.3) is 5.91 Å². The van der Waals surface area contributed by atoms with Crippen molar-refractivity contribution in [3.63, 3.8) is 0 Å². The van der Waals surface area contributed by atoms with Crippen molar-refractivity contribution in [2.24, 2.45) is 0 Å². The third kappa shape index (κ3) is 5.18. The Balaban J connectivity index is 1.40. The lowest BCUT2D eigenvalue weighted by molar-refractivity contribution is -0.114. The van der Waals surface area contributed by atoms with Gasteiger partial charge in [0.2, 0.25) is 5.91 Å². The smallest absolute Gasteiger partial charge is 0.293 e. The van der Waals surface area contributed by atoms with Gasteiger partial charge < -0.3 is 14.5 Å². The van der Waals surface area contributed by atoms with Crippen molar-refractivity contribution in [2.75, 3.05) is 10.6 Å². The van der Waals surface area contributed by atoms with Gasteiger partial charge in [0.05, 0.1) is 12.0 Å². The third-order valence-electron chi connectivity index (χ3n) is 4.32. The Hall–Kier alpha value is -3.91. The number of nitrogens with one attached hydrogen (secondary N) is 2. The molecule has 8 heteroatoms. The maximum absolute atomic E-state index is 12.7. The van der Waals surface area contributed by atoms with Gasteiger partial charge in [0, 0.05) is 29.1 Å². The van der Waals surface area contributed by atoms with E-state index in [1.807, 2.05) is 47.8 Å². The molecule has 4 aromatic rings. The van der Waals surface area contributed by atoms with E-state index in [4.69, 9.17) is 9.15 Å². The predicted octanol–water partition coefficient (Wildman–Crippen LogP) is 5.19. The van der Waals surface area contributed by atoms with Crippen molar-refractivity contribution in [1.29, 1.82) is 0 Å². The second-order valence-corrected chi connectivity index (χ2v) is 7.49. The maximum atomic E-state index is 12.7. The number of amides is 2. The standard InChI is InChI=1S/C23H19N3O4S/c1-15(27)24-18-9-7-16(8-10-18)20-14-31-23(25-20)26-22(28)21-17(11-12-29-21)13-30-19-5-3-2-4-6-19/h2-12,14H,13H2,1H3,(H,24,27)(H,25,26,28). The van der Waals surface area contributed by atoms with Crippen LogP contribution >= 0.6 is 11.3 Å². The van der Waals surface area contributed by atoms with Gasteiger partial charge in [-0.05, 0) is 30.3 Å². The summed E-state index contributed by atoms with van der Waals surface area (Å²) >= 11 is 1.32. The molecular formula is C23H19N3O4S. The minimum Gasteiger partial charge on any atom is -0.489 e. The lowest BCUT2D eigenvalue weighted by atomic mass is 10.1. The molecule has 0 atom stereocenters. The van der Waals surface area contributed by atoms with Crippen molar-refractivity contribution >= 4 is 34.0 Å². The van der Waals surface area contributed by atoms with Gasteiger partial charge in [-0.15, -0.1) is 11.3 Å². The van der Waals surface area contributed by atoms with Crippen LogP contribution in [0.3, 0.4) is 0 Å². The largest absolute Gasteiger partial charge is 0.489 e. The van der Waals surface area contributed by atoms with Crippen molar-refractivity contribution in [3.8, 4) is 17.0 Å². The molecule has 0 bridgehead atoms. The van der Waals surface area contributed by atoms with E-state index in [2.05, 4.69) is 15.6 Å². The van der Waals surface area contributed by atoms with E-state index >= 15 is 0 Å². The van der Waals surface area contributed by atoms with E-state index < -0.39 is 5.91 Å². The quantitative estimate of drug-likeness (QED) is 0.418. The highest BCUT2D eigenvalue weighted by atomic mass is 32.1. The fraction of sp³-hybridized carbons (Fsp3) is 0.0870. The molecule has 2 aromatic heterocycles. The van der Waals surface area contributed by atoms with E-state index in [9.17, 15) is 9.59 Å². The number of hydrogen-bond acceptors (Lipinski definition) is 6. The van der Waals surface area contributed by atoms with Gasteiger partial charge in [-0.25, -0.2) is 4.98 Å². The number of rotatable bonds is 7. The number of hydrogen-bond donors (Lipinski definition) is 2. The normalized spacial score (nSPS) is 10.5. The van der Waals surface area contributed by atoms with Gasteiger partial charge in [0.1, 0.15) is 12.4 Å². The zero-order valence-corrected chi connectivity index (χ0v) is 17.4. The van der Waals surface area contributed by atoms with Crippen LogP contribution in [0.25, 0.3) is 11.3 Å². The highest BCUT2D eigenvalue weighted by Gasteiger charge is 2.18. The number of nitrogens with zero attached hydrogens (tertiary/aromatic N) is 1. The van der Waals surface area contributed by atoms with Crippen molar-refractivity contribution in [2.45, 2.75) is 13.5 Å². The number of furan rings is 1. The minimum absolute atomic E-state index is 0.127. The maximum Gasteiger partial charge on any atom is 0.293 e. The van der Waals surface area contributed by atoms with Crippen LogP contribution in [0.4, 0.5) is 10.8 Å². The average molecular weight is 433 g/mol. The Morgan fingerprint density at radius 2 is 1.81 bits per heavy atom. The van der Waals surface area contributed by atoms with E-state index in [-0.39, 0.29) is 18.3 Å². The Labute approximate surface area is 182 Å². The van der Waals surface area contributed by atoms with Crippen molar-refractivity contribution in [1.82, 2.24) is 4.98 Å². The fourth-order valence-electron chi connectivity index (χ4n) is 2.87. The Bertz CT molecular complexity index is 1180. The van der Waals surface area contributed by atoms with Crippen molar-refractivity contribution < 1.29 is 18.7 Å². The summed E-state index contributed by atoms with van der Waals surface area (Å²) in [6, 6.07) is 18.4. The first kappa shape index (κ1) is 20.4. The number of carbonyl (C=O) groups is 2. The fourth-order valence-corrected chi connectivity index (χ4v) is 3.59. The zero-order chi connectivity index (χ0) is 21.6. The third-order valence-corrected chi connectivity index (χ3v) is 5.07. The number of ether oxygens (including phenoxy) is 1. The minimum atomic E-state index is -0.390. The van der Waals surface area contributed by atoms with Crippen LogP contribution < -0.4 is 15.4 Å². The van der Waals surface area contributed by atoms with Gasteiger partial charge in [-0.2, -0.15) is 0 Å². The molecule has 0 fully saturated rings. The zero-order valence-electron chi connectivity index (χ0n) is 16.6. The first-order valence-electron chi connectivity index (χ1n) is 9.47. The summed E-state index contributed by atoms with van der Waals surface area (Å²) in [6.07, 6.45) is 1.46. The van der Waals surface area contributed by atoms with Gasteiger partial charge in [-0.1, -0.05) is 30.3 Å². The van der Waals surface area contributed by atoms with Crippen LogP contribution in [0, 0.1) is 0 Å². The Kier molecular flexibility index (Phi) is 6.09. The Morgan fingerprint density at radius 3 is 2.55 bits per heavy atom. The topological polar surface area (TPSA) is 93.5 Å². The first-order valence-corrected chi connectivity index (χ1v) is 10.4. The second-order valence-electron chi connectivity index (χ2n) is 6.63. The first-order chi connectivity index (χ1) is 15.1. The van der Waals surface area contributed by atoms with Gasteiger partial charge in [0.15, 0.2) is 10.9 Å². The summed E-state index contributed by atoms with van der Waals surface area (Å²) in [5.74, 6) is 0.382. The lowest BCUT2D eigenvalue weighted by Crippen LogP contribution is -2.13. The molecule has 4 rings (SSSR count). The van der Waals surface area contributed by atoms with Crippen LogP contribution in [0.2, 0.25) is 0 Å². The summed E-state index contributed by atoms with van der Waals surface area (Å²) in [5, 5.41) is 7.80. The summed E-state index contributed by atoms with van der Waals surface area (Å²) < 4.78 is 11.1. The van der Waals surface area contributed by atoms with Crippen LogP contribution in [0.15, 0.2) is 76.7 Å². The number of para-hydroxylation sites is 1. The molecule has 2 amide bonds. The molecule has 0 aliphatic heterocycles. The number of benzene rings is 2. The summed E-state index contributed by atoms with van der Waals surface area (Å²) in [7, 11) is 0. The molecule has 0 aliphatic rings. The Morgan fingerprint density at radius 1 is 1.03 bits per heavy atom. The molecule has 0 unspecified atom stereocenters. The summed E-state index contributed by atoms with van der Waals surface area (Å²) in [4.78, 5) is 28.3. The summed E-state index contributed by atoms with van der Waals surface area (Å²) in [5.41, 5.74) is 2.96. The molecule has 7 nitrogen and oxygen atoms in total. The highest BCUT2D eigenvalue weighted by Crippen LogP contribution is 2.27. The monoisotopic (exact) mass is 433 g/mol. The average Bonchev–Trinajstić information content (AvgIpc) is 3.43. The molecule has 0 saturated heterocycles. The van der Waals surface area contributed by atoms with Gasteiger partial charge in [-0.3, -0.25) is 14.9 Å². The number of anilines is 2. The van der Waals surface area contributed by atoms with Crippen LogP contribution in [0.1, 0.15) is 23.0 Å². The van der Waals surface area contributed by atoms with E-state index in [0.29, 0.717) is 22.1 Å². The van der Waals surface area contributed by atoms with Crippen LogP contribution in [-0.4, -0.2) is 16.8 Å². The number of aromatic nitrogens is 1. The van der Waals surface area contributed by atoms with Gasteiger partial charge >= 0.3 is 0 Å². The molecule has 2 N–H and O–H groups in total. The number of carbonyl (C=O) groups excluding carboxylic acids is 2. The highest BCUT2D eigenvalue weighted by molar-refractivity contribution is 7.14. The molecule has 2 heterocycles. The van der Waals surface area contributed by atoms with Crippen LogP contribution in [0.5, 0.6) is 5.75 Å². The SMILES string of the molecule is CC(=O)Nc1ccc(-c2csc(NC(=O)c3occc3COc3ccccc3)n2)cc1. The second kappa shape index (κ2) is 9.27.